The molecule has 13 heavy (non-hydrogen) atoms. The van der Waals surface area contributed by atoms with Crippen molar-refractivity contribution < 1.29 is 4.74 Å². The molecule has 0 atom stereocenters. The van der Waals surface area contributed by atoms with E-state index in [-0.39, 0.29) is 0 Å². The number of aromatic nitrogens is 1. The number of rotatable bonds is 1. The number of fused-ring (bicyclic) bond motifs is 1. The van der Waals surface area contributed by atoms with Crippen molar-refractivity contribution in [3.05, 3.63) is 28.9 Å². The summed E-state index contributed by atoms with van der Waals surface area (Å²) in [5.74, 6) is 0.826. The number of benzene rings is 1. The first-order chi connectivity index (χ1) is 6.24. The summed E-state index contributed by atoms with van der Waals surface area (Å²) in [7, 11) is 1.65. The number of H-pyrrole nitrogens is 1. The van der Waals surface area contributed by atoms with Crippen LogP contribution in [0, 0.1) is 6.92 Å². The first-order valence-electron chi connectivity index (χ1n) is 4.05. The van der Waals surface area contributed by atoms with Gasteiger partial charge in [-0.05, 0) is 18.6 Å². The first-order valence-corrected chi connectivity index (χ1v) is 4.42. The Morgan fingerprint density at radius 1 is 1.38 bits per heavy atom. The lowest BCUT2D eigenvalue weighted by atomic mass is 10.2. The maximum absolute atomic E-state index is 5.97. The van der Waals surface area contributed by atoms with Crippen molar-refractivity contribution in [3.63, 3.8) is 0 Å². The van der Waals surface area contributed by atoms with Gasteiger partial charge in [0.2, 0.25) is 0 Å². The van der Waals surface area contributed by atoms with E-state index in [1.165, 1.54) is 0 Å². The zero-order chi connectivity index (χ0) is 9.42. The number of halogens is 1. The number of ether oxygens (including phenoxy) is 1. The molecule has 1 aromatic heterocycles. The highest BCUT2D eigenvalue weighted by Crippen LogP contribution is 2.30. The predicted molar refractivity (Wildman–Crippen MR) is 54.6 cm³/mol. The molecule has 1 aromatic carbocycles. The number of hydrogen-bond acceptors (Lipinski definition) is 1. The Balaban J connectivity index is 2.84. The van der Waals surface area contributed by atoms with Gasteiger partial charge in [0, 0.05) is 5.39 Å². The highest BCUT2D eigenvalue weighted by Gasteiger charge is 2.08. The number of nitrogens with one attached hydrogen (secondary N) is 1. The lowest BCUT2D eigenvalue weighted by Gasteiger charge is -1.99. The molecular formula is C10H10ClNO. The molecule has 0 aliphatic heterocycles. The van der Waals surface area contributed by atoms with Gasteiger partial charge < -0.3 is 9.72 Å². The van der Waals surface area contributed by atoms with Crippen LogP contribution in [0.2, 0.25) is 5.15 Å². The summed E-state index contributed by atoms with van der Waals surface area (Å²) in [6, 6.07) is 5.89. The van der Waals surface area contributed by atoms with Crippen molar-refractivity contribution in [1.29, 1.82) is 0 Å². The molecule has 0 aliphatic rings. The fraction of sp³-hybridized carbons (Fsp3) is 0.200. The molecule has 68 valence electrons. The van der Waals surface area contributed by atoms with Crippen LogP contribution >= 0.6 is 11.6 Å². The fourth-order valence-corrected chi connectivity index (χ4v) is 1.66. The minimum Gasteiger partial charge on any atom is -0.495 e. The number of aryl methyl sites for hydroxylation is 1. The van der Waals surface area contributed by atoms with E-state index in [1.807, 2.05) is 25.1 Å². The third-order valence-corrected chi connectivity index (χ3v) is 2.59. The SMILES string of the molecule is COc1cccc2c(C)c(Cl)[nH]c12. The molecule has 0 bridgehead atoms. The molecule has 2 aromatic rings. The molecule has 0 saturated heterocycles. The Labute approximate surface area is 81.5 Å². The van der Waals surface area contributed by atoms with Crippen LogP contribution in [0.1, 0.15) is 5.56 Å². The zero-order valence-electron chi connectivity index (χ0n) is 7.52. The molecule has 0 aliphatic carbocycles. The van der Waals surface area contributed by atoms with Gasteiger partial charge in [-0.25, -0.2) is 0 Å². The van der Waals surface area contributed by atoms with Crippen LogP contribution in [-0.2, 0) is 0 Å². The molecule has 0 saturated carbocycles. The summed E-state index contributed by atoms with van der Waals surface area (Å²) in [6.07, 6.45) is 0. The largest absolute Gasteiger partial charge is 0.495 e. The number of aromatic amines is 1. The quantitative estimate of drug-likeness (QED) is 0.743. The van der Waals surface area contributed by atoms with E-state index in [9.17, 15) is 0 Å². The number of hydrogen-bond donors (Lipinski definition) is 1. The van der Waals surface area contributed by atoms with Crippen molar-refractivity contribution in [1.82, 2.24) is 4.98 Å². The summed E-state index contributed by atoms with van der Waals surface area (Å²) in [4.78, 5) is 3.09. The van der Waals surface area contributed by atoms with Crippen molar-refractivity contribution in [2.75, 3.05) is 7.11 Å². The Morgan fingerprint density at radius 2 is 2.15 bits per heavy atom. The van der Waals surface area contributed by atoms with Gasteiger partial charge in [-0.3, -0.25) is 0 Å². The molecule has 0 unspecified atom stereocenters. The van der Waals surface area contributed by atoms with Crippen LogP contribution in [0.4, 0.5) is 0 Å². The van der Waals surface area contributed by atoms with Crippen LogP contribution in [-0.4, -0.2) is 12.1 Å². The number of methoxy groups -OCH3 is 1. The fourth-order valence-electron chi connectivity index (χ4n) is 1.46. The average molecular weight is 196 g/mol. The Morgan fingerprint density at radius 3 is 2.85 bits per heavy atom. The van der Waals surface area contributed by atoms with Crippen LogP contribution in [0.15, 0.2) is 18.2 Å². The second-order valence-corrected chi connectivity index (χ2v) is 3.32. The average Bonchev–Trinajstić information content (AvgIpc) is 2.43. The van der Waals surface area contributed by atoms with E-state index >= 15 is 0 Å². The topological polar surface area (TPSA) is 25.0 Å². The molecule has 2 nitrogen and oxygen atoms in total. The second kappa shape index (κ2) is 2.96. The van der Waals surface area contributed by atoms with Gasteiger partial charge in [0.25, 0.3) is 0 Å². The Kier molecular flexibility index (Phi) is 1.93. The lowest BCUT2D eigenvalue weighted by molar-refractivity contribution is 0.419. The molecule has 3 heteroatoms. The smallest absolute Gasteiger partial charge is 0.142 e. The van der Waals surface area contributed by atoms with E-state index in [1.54, 1.807) is 7.11 Å². The molecular weight excluding hydrogens is 186 g/mol. The molecule has 1 heterocycles. The van der Waals surface area contributed by atoms with E-state index in [0.717, 1.165) is 22.2 Å². The van der Waals surface area contributed by atoms with Gasteiger partial charge in [-0.1, -0.05) is 23.7 Å². The van der Waals surface area contributed by atoms with E-state index in [4.69, 9.17) is 16.3 Å². The molecule has 0 radical (unpaired) electrons. The van der Waals surface area contributed by atoms with Crippen molar-refractivity contribution in [2.45, 2.75) is 6.92 Å². The van der Waals surface area contributed by atoms with Crippen molar-refractivity contribution in [3.8, 4) is 5.75 Å². The van der Waals surface area contributed by atoms with E-state index in [0.29, 0.717) is 5.15 Å². The zero-order valence-corrected chi connectivity index (χ0v) is 8.27. The Bertz CT molecular complexity index is 447. The van der Waals surface area contributed by atoms with Gasteiger partial charge in [-0.15, -0.1) is 0 Å². The highest BCUT2D eigenvalue weighted by atomic mass is 35.5. The summed E-state index contributed by atoms with van der Waals surface area (Å²) < 4.78 is 5.21. The van der Waals surface area contributed by atoms with Crippen LogP contribution in [0.3, 0.4) is 0 Å². The summed E-state index contributed by atoms with van der Waals surface area (Å²) in [5.41, 5.74) is 2.03. The van der Waals surface area contributed by atoms with Gasteiger partial charge in [0.05, 0.1) is 12.6 Å². The van der Waals surface area contributed by atoms with Crippen LogP contribution < -0.4 is 4.74 Å². The lowest BCUT2D eigenvalue weighted by Crippen LogP contribution is -1.83. The summed E-state index contributed by atoms with van der Waals surface area (Å²) in [5, 5.41) is 1.80. The predicted octanol–water partition coefficient (Wildman–Crippen LogP) is 3.14. The summed E-state index contributed by atoms with van der Waals surface area (Å²) in [6.45, 7) is 1.99. The van der Waals surface area contributed by atoms with Gasteiger partial charge >= 0.3 is 0 Å². The standard InChI is InChI=1S/C10H10ClNO/c1-6-7-4-3-5-8(13-2)9(7)12-10(6)11/h3-5,12H,1-2H3. The van der Waals surface area contributed by atoms with Gasteiger partial charge in [-0.2, -0.15) is 0 Å². The maximum Gasteiger partial charge on any atom is 0.142 e. The monoisotopic (exact) mass is 195 g/mol. The highest BCUT2D eigenvalue weighted by molar-refractivity contribution is 6.31. The molecule has 2 rings (SSSR count). The van der Waals surface area contributed by atoms with Crippen molar-refractivity contribution in [2.24, 2.45) is 0 Å². The minimum atomic E-state index is 0.680. The molecule has 1 N–H and O–H groups in total. The van der Waals surface area contributed by atoms with Crippen LogP contribution in [0.5, 0.6) is 5.75 Å². The van der Waals surface area contributed by atoms with Gasteiger partial charge in [0.15, 0.2) is 0 Å². The number of para-hydroxylation sites is 1. The Hall–Kier alpha value is -1.15. The normalized spacial score (nSPS) is 10.7. The summed E-state index contributed by atoms with van der Waals surface area (Å²) >= 11 is 5.97. The van der Waals surface area contributed by atoms with Crippen LogP contribution in [0.25, 0.3) is 10.9 Å². The van der Waals surface area contributed by atoms with Gasteiger partial charge in [0.1, 0.15) is 10.9 Å². The molecule has 0 amide bonds. The van der Waals surface area contributed by atoms with E-state index in [2.05, 4.69) is 4.98 Å². The molecule has 0 spiro atoms. The minimum absolute atomic E-state index is 0.680. The third kappa shape index (κ3) is 1.18. The molecule has 0 fully saturated rings. The van der Waals surface area contributed by atoms with Crippen molar-refractivity contribution >= 4 is 22.5 Å². The second-order valence-electron chi connectivity index (χ2n) is 2.95. The third-order valence-electron chi connectivity index (χ3n) is 2.21. The maximum atomic E-state index is 5.97. The van der Waals surface area contributed by atoms with E-state index < -0.39 is 0 Å². The first kappa shape index (κ1) is 8.45.